The van der Waals surface area contributed by atoms with Crippen molar-refractivity contribution in [3.05, 3.63) is 41.6 Å². The highest BCUT2D eigenvalue weighted by atomic mass is 19.1. The third-order valence-electron chi connectivity index (χ3n) is 2.88. The average molecular weight is 247 g/mol. The van der Waals surface area contributed by atoms with E-state index in [1.54, 1.807) is 6.07 Å². The van der Waals surface area contributed by atoms with Gasteiger partial charge in [0, 0.05) is 5.92 Å². The molecule has 0 bridgehead atoms. The first-order valence-corrected chi connectivity index (χ1v) is 5.60. The molecule has 0 aromatic carbocycles. The first-order valence-electron chi connectivity index (χ1n) is 5.60. The molecule has 0 amide bonds. The van der Waals surface area contributed by atoms with E-state index in [2.05, 4.69) is 10.1 Å². The number of carbonyl (C=O) groups is 1. The molecule has 2 heterocycles. The maximum Gasteiger partial charge on any atom is 0.356 e. The minimum absolute atomic E-state index is 0.0111. The molecule has 1 N–H and O–H groups in total. The standard InChI is InChI=1S/C12H10FN3O2/c13-8-3-4-11(14-6-8)16-10(7-1-2-7)5-9(15-16)12(17)18/h3-7H,1-2H2,(H,17,18). The van der Waals surface area contributed by atoms with Crippen molar-refractivity contribution in [2.75, 3.05) is 0 Å². The molecule has 1 saturated carbocycles. The van der Waals surface area contributed by atoms with Crippen molar-refractivity contribution in [3.8, 4) is 5.82 Å². The van der Waals surface area contributed by atoms with Gasteiger partial charge in [-0.1, -0.05) is 0 Å². The zero-order valence-electron chi connectivity index (χ0n) is 9.38. The Bertz CT molecular complexity index is 602. The van der Waals surface area contributed by atoms with E-state index in [1.165, 1.54) is 16.8 Å². The van der Waals surface area contributed by atoms with Crippen LogP contribution in [0.5, 0.6) is 0 Å². The Morgan fingerprint density at radius 3 is 2.78 bits per heavy atom. The second-order valence-electron chi connectivity index (χ2n) is 4.28. The lowest BCUT2D eigenvalue weighted by atomic mass is 10.2. The van der Waals surface area contributed by atoms with E-state index in [9.17, 15) is 9.18 Å². The number of pyridine rings is 1. The lowest BCUT2D eigenvalue weighted by Crippen LogP contribution is -2.05. The van der Waals surface area contributed by atoms with E-state index < -0.39 is 11.8 Å². The topological polar surface area (TPSA) is 68.0 Å². The van der Waals surface area contributed by atoms with E-state index in [1.807, 2.05) is 0 Å². The number of carboxylic acids is 1. The molecular formula is C12H10FN3O2. The molecule has 0 atom stereocenters. The highest BCUT2D eigenvalue weighted by molar-refractivity contribution is 5.85. The third kappa shape index (κ3) is 1.85. The summed E-state index contributed by atoms with van der Waals surface area (Å²) < 4.78 is 14.3. The molecule has 6 heteroatoms. The number of nitrogens with zero attached hydrogens (tertiary/aromatic N) is 3. The second kappa shape index (κ2) is 3.90. The van der Waals surface area contributed by atoms with Gasteiger partial charge < -0.3 is 5.11 Å². The Morgan fingerprint density at radius 1 is 1.44 bits per heavy atom. The lowest BCUT2D eigenvalue weighted by Gasteiger charge is -2.04. The first kappa shape index (κ1) is 10.9. The minimum atomic E-state index is -1.07. The Kier molecular flexibility index (Phi) is 2.36. The van der Waals surface area contributed by atoms with Crippen LogP contribution in [-0.4, -0.2) is 25.8 Å². The molecule has 0 unspecified atom stereocenters. The monoisotopic (exact) mass is 247 g/mol. The minimum Gasteiger partial charge on any atom is -0.476 e. The predicted octanol–water partition coefficient (Wildman–Crippen LogP) is 1.98. The fourth-order valence-corrected chi connectivity index (χ4v) is 1.85. The van der Waals surface area contributed by atoms with Crippen LogP contribution < -0.4 is 0 Å². The summed E-state index contributed by atoms with van der Waals surface area (Å²) in [6.07, 6.45) is 3.13. The van der Waals surface area contributed by atoms with Crippen molar-refractivity contribution < 1.29 is 14.3 Å². The lowest BCUT2D eigenvalue weighted by molar-refractivity contribution is 0.0690. The average Bonchev–Trinajstić information content (AvgIpc) is 3.09. The van der Waals surface area contributed by atoms with Crippen LogP contribution in [0.4, 0.5) is 4.39 Å². The van der Waals surface area contributed by atoms with Gasteiger partial charge in [-0.05, 0) is 31.0 Å². The molecule has 0 saturated heterocycles. The fourth-order valence-electron chi connectivity index (χ4n) is 1.85. The first-order chi connectivity index (χ1) is 8.65. The molecule has 1 aliphatic carbocycles. The molecule has 0 spiro atoms. The van der Waals surface area contributed by atoms with Crippen molar-refractivity contribution in [1.82, 2.24) is 14.8 Å². The van der Waals surface area contributed by atoms with Crippen LogP contribution in [0.15, 0.2) is 24.4 Å². The van der Waals surface area contributed by atoms with E-state index in [0.717, 1.165) is 24.7 Å². The Balaban J connectivity index is 2.09. The SMILES string of the molecule is O=C(O)c1cc(C2CC2)n(-c2ccc(F)cn2)n1. The molecule has 0 aliphatic heterocycles. The summed E-state index contributed by atoms with van der Waals surface area (Å²) in [5.41, 5.74) is 0.814. The van der Waals surface area contributed by atoms with Crippen molar-refractivity contribution in [3.63, 3.8) is 0 Å². The molecule has 18 heavy (non-hydrogen) atoms. The number of carboxylic acid groups (broad SMARTS) is 1. The van der Waals surface area contributed by atoms with Gasteiger partial charge in [0.25, 0.3) is 0 Å². The summed E-state index contributed by atoms with van der Waals surface area (Å²) in [4.78, 5) is 14.9. The molecule has 0 radical (unpaired) electrons. The normalized spacial score (nSPS) is 14.7. The van der Waals surface area contributed by atoms with Crippen molar-refractivity contribution >= 4 is 5.97 Å². The van der Waals surface area contributed by atoms with Gasteiger partial charge in [-0.15, -0.1) is 0 Å². The summed E-state index contributed by atoms with van der Waals surface area (Å²) in [5.74, 6) is -0.738. The van der Waals surface area contributed by atoms with Gasteiger partial charge >= 0.3 is 5.97 Å². The molecule has 3 rings (SSSR count). The molecule has 1 aliphatic rings. The fraction of sp³-hybridized carbons (Fsp3) is 0.250. The molecule has 5 nitrogen and oxygen atoms in total. The zero-order chi connectivity index (χ0) is 12.7. The number of rotatable bonds is 3. The molecule has 92 valence electrons. The predicted molar refractivity (Wildman–Crippen MR) is 60.3 cm³/mol. The molecule has 1 fully saturated rings. The number of hydrogen-bond acceptors (Lipinski definition) is 3. The number of halogens is 1. The van der Waals surface area contributed by atoms with Gasteiger partial charge in [-0.2, -0.15) is 5.10 Å². The van der Waals surface area contributed by atoms with Gasteiger partial charge in [0.2, 0.25) is 0 Å². The Hall–Kier alpha value is -2.24. The van der Waals surface area contributed by atoms with E-state index in [0.29, 0.717) is 11.7 Å². The molecule has 2 aromatic heterocycles. The zero-order valence-corrected chi connectivity index (χ0v) is 9.38. The van der Waals surface area contributed by atoms with Crippen LogP contribution in [0.1, 0.15) is 34.9 Å². The van der Waals surface area contributed by atoms with E-state index in [4.69, 9.17) is 5.11 Å². The van der Waals surface area contributed by atoms with Gasteiger partial charge in [0.15, 0.2) is 11.5 Å². The highest BCUT2D eigenvalue weighted by Gasteiger charge is 2.30. The van der Waals surface area contributed by atoms with Crippen LogP contribution in [0.2, 0.25) is 0 Å². The molecule has 2 aromatic rings. The summed E-state index contributed by atoms with van der Waals surface area (Å²) >= 11 is 0. The number of aromatic carboxylic acids is 1. The summed E-state index contributed by atoms with van der Waals surface area (Å²) in [6.45, 7) is 0. The Morgan fingerprint density at radius 2 is 2.22 bits per heavy atom. The number of hydrogen-bond donors (Lipinski definition) is 1. The van der Waals surface area contributed by atoms with Gasteiger partial charge in [0.1, 0.15) is 5.82 Å². The van der Waals surface area contributed by atoms with Gasteiger partial charge in [-0.25, -0.2) is 18.9 Å². The van der Waals surface area contributed by atoms with Crippen LogP contribution >= 0.6 is 0 Å². The van der Waals surface area contributed by atoms with Crippen LogP contribution in [-0.2, 0) is 0 Å². The quantitative estimate of drug-likeness (QED) is 0.900. The summed E-state index contributed by atoms with van der Waals surface area (Å²) in [5, 5.41) is 13.0. The second-order valence-corrected chi connectivity index (χ2v) is 4.28. The van der Waals surface area contributed by atoms with Crippen LogP contribution in [0.25, 0.3) is 5.82 Å². The maximum absolute atomic E-state index is 12.8. The summed E-state index contributed by atoms with van der Waals surface area (Å²) in [7, 11) is 0. The Labute approximate surface area is 102 Å². The third-order valence-corrected chi connectivity index (χ3v) is 2.88. The summed E-state index contributed by atoms with van der Waals surface area (Å²) in [6, 6.07) is 4.33. The van der Waals surface area contributed by atoms with E-state index >= 15 is 0 Å². The molecular weight excluding hydrogens is 237 g/mol. The van der Waals surface area contributed by atoms with Crippen molar-refractivity contribution in [2.24, 2.45) is 0 Å². The van der Waals surface area contributed by atoms with Crippen LogP contribution in [0, 0.1) is 5.82 Å². The van der Waals surface area contributed by atoms with Crippen LogP contribution in [0.3, 0.4) is 0 Å². The van der Waals surface area contributed by atoms with Crippen molar-refractivity contribution in [1.29, 1.82) is 0 Å². The number of aromatic nitrogens is 3. The van der Waals surface area contributed by atoms with Gasteiger partial charge in [-0.3, -0.25) is 0 Å². The highest BCUT2D eigenvalue weighted by Crippen LogP contribution is 2.40. The van der Waals surface area contributed by atoms with E-state index in [-0.39, 0.29) is 5.69 Å². The maximum atomic E-state index is 12.8. The van der Waals surface area contributed by atoms with Gasteiger partial charge in [0.05, 0.1) is 11.9 Å². The smallest absolute Gasteiger partial charge is 0.356 e. The van der Waals surface area contributed by atoms with Crippen molar-refractivity contribution in [2.45, 2.75) is 18.8 Å². The largest absolute Gasteiger partial charge is 0.476 e.